The summed E-state index contributed by atoms with van der Waals surface area (Å²) in [6.07, 6.45) is 4.72. The van der Waals surface area contributed by atoms with E-state index in [1.807, 2.05) is 0 Å². The molecule has 1 aromatic rings. The van der Waals surface area contributed by atoms with Gasteiger partial charge in [-0.05, 0) is 55.7 Å². The molecule has 18 heavy (non-hydrogen) atoms. The normalized spacial score (nSPS) is 18.8. The summed E-state index contributed by atoms with van der Waals surface area (Å²) in [6, 6.07) is 8.46. The smallest absolute Gasteiger partial charge is 0.0468 e. The fourth-order valence-electron chi connectivity index (χ4n) is 2.69. The van der Waals surface area contributed by atoms with Crippen LogP contribution >= 0.6 is 15.9 Å². The number of halogens is 1. The van der Waals surface area contributed by atoms with Gasteiger partial charge in [-0.25, -0.2) is 0 Å². The maximum atomic E-state index is 5.94. The standard InChI is InChI=1S/C15H22BrNO/c16-15-4-2-1-3-14(15)10-13(11-17)9-12-5-7-18-8-6-12/h1-4,12-13H,5-11,17H2. The minimum atomic E-state index is 0.590. The van der Waals surface area contributed by atoms with Crippen molar-refractivity contribution in [2.24, 2.45) is 17.6 Å². The van der Waals surface area contributed by atoms with E-state index in [-0.39, 0.29) is 0 Å². The zero-order valence-corrected chi connectivity index (χ0v) is 12.4. The fourth-order valence-corrected chi connectivity index (χ4v) is 3.14. The Balaban J connectivity index is 1.90. The van der Waals surface area contributed by atoms with Crippen LogP contribution in [0.5, 0.6) is 0 Å². The first-order valence-electron chi connectivity index (χ1n) is 6.80. The molecular formula is C15H22BrNO. The molecule has 2 rings (SSSR count). The van der Waals surface area contributed by atoms with E-state index in [9.17, 15) is 0 Å². The van der Waals surface area contributed by atoms with Crippen LogP contribution in [-0.2, 0) is 11.2 Å². The highest BCUT2D eigenvalue weighted by atomic mass is 79.9. The summed E-state index contributed by atoms with van der Waals surface area (Å²) in [4.78, 5) is 0. The lowest BCUT2D eigenvalue weighted by molar-refractivity contribution is 0.0589. The first kappa shape index (κ1) is 14.0. The fraction of sp³-hybridized carbons (Fsp3) is 0.600. The van der Waals surface area contributed by atoms with Crippen LogP contribution in [0.15, 0.2) is 28.7 Å². The van der Waals surface area contributed by atoms with Crippen molar-refractivity contribution in [1.29, 1.82) is 0 Å². The summed E-state index contributed by atoms with van der Waals surface area (Å²) >= 11 is 3.62. The molecule has 0 saturated carbocycles. The molecule has 1 heterocycles. The Labute approximate surface area is 118 Å². The number of rotatable bonds is 5. The third kappa shape index (κ3) is 4.08. The van der Waals surface area contributed by atoms with Crippen molar-refractivity contribution >= 4 is 15.9 Å². The van der Waals surface area contributed by atoms with Crippen molar-refractivity contribution in [3.8, 4) is 0 Å². The van der Waals surface area contributed by atoms with Gasteiger partial charge in [0.25, 0.3) is 0 Å². The monoisotopic (exact) mass is 311 g/mol. The number of ether oxygens (including phenoxy) is 1. The van der Waals surface area contributed by atoms with E-state index in [1.54, 1.807) is 0 Å². The van der Waals surface area contributed by atoms with Crippen molar-refractivity contribution in [3.63, 3.8) is 0 Å². The Morgan fingerprint density at radius 1 is 1.28 bits per heavy atom. The quantitative estimate of drug-likeness (QED) is 0.904. The molecule has 0 aromatic heterocycles. The van der Waals surface area contributed by atoms with Gasteiger partial charge in [0.2, 0.25) is 0 Å². The topological polar surface area (TPSA) is 35.2 Å². The second-order valence-electron chi connectivity index (χ2n) is 5.19. The van der Waals surface area contributed by atoms with E-state index in [4.69, 9.17) is 10.5 Å². The lowest BCUT2D eigenvalue weighted by Crippen LogP contribution is -2.24. The lowest BCUT2D eigenvalue weighted by Gasteiger charge is -2.26. The maximum Gasteiger partial charge on any atom is 0.0468 e. The molecule has 0 spiro atoms. The van der Waals surface area contributed by atoms with Gasteiger partial charge in [0.15, 0.2) is 0 Å². The Morgan fingerprint density at radius 3 is 2.67 bits per heavy atom. The van der Waals surface area contributed by atoms with Gasteiger partial charge >= 0.3 is 0 Å². The van der Waals surface area contributed by atoms with Crippen LogP contribution in [0.1, 0.15) is 24.8 Å². The van der Waals surface area contributed by atoms with Gasteiger partial charge in [-0.3, -0.25) is 0 Å². The average Bonchev–Trinajstić information content (AvgIpc) is 2.41. The predicted molar refractivity (Wildman–Crippen MR) is 78.6 cm³/mol. The molecule has 1 aliphatic rings. The zero-order chi connectivity index (χ0) is 12.8. The average molecular weight is 312 g/mol. The maximum absolute atomic E-state index is 5.94. The molecule has 0 bridgehead atoms. The van der Waals surface area contributed by atoms with E-state index in [0.717, 1.165) is 32.1 Å². The Bertz CT molecular complexity index is 363. The summed E-state index contributed by atoms with van der Waals surface area (Å²) in [6.45, 7) is 2.63. The molecule has 1 atom stereocenters. The van der Waals surface area contributed by atoms with Gasteiger partial charge in [-0.1, -0.05) is 34.1 Å². The highest BCUT2D eigenvalue weighted by Crippen LogP contribution is 2.26. The van der Waals surface area contributed by atoms with E-state index in [1.165, 1.54) is 29.3 Å². The van der Waals surface area contributed by atoms with Crippen molar-refractivity contribution in [2.45, 2.75) is 25.7 Å². The Kier molecular flexibility index (Phi) is 5.67. The van der Waals surface area contributed by atoms with Gasteiger partial charge < -0.3 is 10.5 Å². The molecule has 0 aliphatic carbocycles. The zero-order valence-electron chi connectivity index (χ0n) is 10.8. The summed E-state index contributed by atoms with van der Waals surface area (Å²) in [7, 11) is 0. The molecule has 2 nitrogen and oxygen atoms in total. The van der Waals surface area contributed by atoms with Gasteiger partial charge in [0, 0.05) is 17.7 Å². The summed E-state index contributed by atoms with van der Waals surface area (Å²) < 4.78 is 6.62. The van der Waals surface area contributed by atoms with Gasteiger partial charge in [0.05, 0.1) is 0 Å². The molecule has 100 valence electrons. The van der Waals surface area contributed by atoms with Crippen LogP contribution in [0, 0.1) is 11.8 Å². The lowest BCUT2D eigenvalue weighted by atomic mass is 9.85. The van der Waals surface area contributed by atoms with Gasteiger partial charge in [-0.15, -0.1) is 0 Å². The van der Waals surface area contributed by atoms with Gasteiger partial charge in [0.1, 0.15) is 0 Å². The van der Waals surface area contributed by atoms with Crippen molar-refractivity contribution in [1.82, 2.24) is 0 Å². The van der Waals surface area contributed by atoms with Crippen LogP contribution in [0.4, 0.5) is 0 Å². The SMILES string of the molecule is NCC(Cc1ccccc1Br)CC1CCOCC1. The number of benzene rings is 1. The van der Waals surface area contributed by atoms with Crippen LogP contribution < -0.4 is 5.73 Å². The predicted octanol–water partition coefficient (Wildman–Crippen LogP) is 3.38. The molecule has 1 aromatic carbocycles. The number of hydrogen-bond donors (Lipinski definition) is 1. The second kappa shape index (κ2) is 7.27. The van der Waals surface area contributed by atoms with E-state index < -0.39 is 0 Å². The number of hydrogen-bond acceptors (Lipinski definition) is 2. The largest absolute Gasteiger partial charge is 0.381 e. The molecule has 0 radical (unpaired) electrons. The van der Waals surface area contributed by atoms with E-state index >= 15 is 0 Å². The summed E-state index contributed by atoms with van der Waals surface area (Å²) in [5, 5.41) is 0. The van der Waals surface area contributed by atoms with Crippen LogP contribution in [0.2, 0.25) is 0 Å². The van der Waals surface area contributed by atoms with Crippen molar-refractivity contribution in [2.75, 3.05) is 19.8 Å². The van der Waals surface area contributed by atoms with Crippen LogP contribution in [0.25, 0.3) is 0 Å². The second-order valence-corrected chi connectivity index (χ2v) is 6.04. The summed E-state index contributed by atoms with van der Waals surface area (Å²) in [5.41, 5.74) is 7.32. The highest BCUT2D eigenvalue weighted by molar-refractivity contribution is 9.10. The molecule has 1 fully saturated rings. The molecule has 1 aliphatic heterocycles. The molecule has 3 heteroatoms. The number of nitrogens with two attached hydrogens (primary N) is 1. The summed E-state index contributed by atoms with van der Waals surface area (Å²) in [5.74, 6) is 1.39. The van der Waals surface area contributed by atoms with E-state index in [2.05, 4.69) is 40.2 Å². The minimum Gasteiger partial charge on any atom is -0.381 e. The Hall–Kier alpha value is -0.380. The minimum absolute atomic E-state index is 0.590. The molecule has 1 saturated heterocycles. The van der Waals surface area contributed by atoms with Crippen LogP contribution in [-0.4, -0.2) is 19.8 Å². The molecular weight excluding hydrogens is 290 g/mol. The third-order valence-corrected chi connectivity index (χ3v) is 4.58. The van der Waals surface area contributed by atoms with Gasteiger partial charge in [-0.2, -0.15) is 0 Å². The van der Waals surface area contributed by atoms with Crippen molar-refractivity contribution < 1.29 is 4.74 Å². The van der Waals surface area contributed by atoms with E-state index in [0.29, 0.717) is 5.92 Å². The van der Waals surface area contributed by atoms with Crippen molar-refractivity contribution in [3.05, 3.63) is 34.3 Å². The first-order chi connectivity index (χ1) is 8.79. The highest BCUT2D eigenvalue weighted by Gasteiger charge is 2.19. The first-order valence-corrected chi connectivity index (χ1v) is 7.60. The molecule has 1 unspecified atom stereocenters. The van der Waals surface area contributed by atoms with Crippen LogP contribution in [0.3, 0.4) is 0 Å². The third-order valence-electron chi connectivity index (χ3n) is 3.81. The molecule has 2 N–H and O–H groups in total. The Morgan fingerprint density at radius 2 is 2.00 bits per heavy atom. The molecule has 0 amide bonds.